The molecule has 0 bridgehead atoms. The highest BCUT2D eigenvalue weighted by atomic mass is 16.1. The Labute approximate surface area is 250 Å². The number of hydrogen-bond donors (Lipinski definition) is 1. The SMILES string of the molecule is Cc1cc2ncc3cc(-c4ccccc4)c(-c4ccc(CN5CCC(C(=O)NCCn6ccnc6)CC5)cc4)nc3n2n1. The molecule has 0 radical (unpaired) electrons. The van der Waals surface area contributed by atoms with Crippen molar-refractivity contribution >= 4 is 22.6 Å². The number of rotatable bonds is 8. The lowest BCUT2D eigenvalue weighted by atomic mass is 9.95. The van der Waals surface area contributed by atoms with Crippen LogP contribution in [0.2, 0.25) is 0 Å². The van der Waals surface area contributed by atoms with Gasteiger partial charge in [-0.05, 0) is 50.0 Å². The fraction of sp³-hybridized carbons (Fsp3) is 0.265. The van der Waals surface area contributed by atoms with Crippen molar-refractivity contribution in [3.8, 4) is 22.4 Å². The molecule has 2 aromatic carbocycles. The van der Waals surface area contributed by atoms with Gasteiger partial charge < -0.3 is 9.88 Å². The number of aryl methyl sites for hydroxylation is 1. The van der Waals surface area contributed by atoms with Crippen molar-refractivity contribution in [2.75, 3.05) is 19.6 Å². The van der Waals surface area contributed by atoms with Gasteiger partial charge in [0.1, 0.15) is 0 Å². The summed E-state index contributed by atoms with van der Waals surface area (Å²) >= 11 is 0. The minimum atomic E-state index is 0.0806. The van der Waals surface area contributed by atoms with Crippen LogP contribution in [0.4, 0.5) is 0 Å². The first-order valence-corrected chi connectivity index (χ1v) is 14.9. The van der Waals surface area contributed by atoms with Gasteiger partial charge in [0, 0.05) is 66.7 Å². The molecule has 1 aliphatic rings. The molecular weight excluding hydrogens is 536 g/mol. The van der Waals surface area contributed by atoms with Crippen molar-refractivity contribution < 1.29 is 4.79 Å². The molecule has 1 aliphatic heterocycles. The smallest absolute Gasteiger partial charge is 0.223 e. The van der Waals surface area contributed by atoms with Gasteiger partial charge >= 0.3 is 0 Å². The first-order valence-electron chi connectivity index (χ1n) is 14.9. The highest BCUT2D eigenvalue weighted by Gasteiger charge is 2.25. The molecule has 7 rings (SSSR count). The summed E-state index contributed by atoms with van der Waals surface area (Å²) in [5.41, 5.74) is 7.92. The molecule has 0 aliphatic carbocycles. The number of fused-ring (bicyclic) bond motifs is 3. The number of likely N-dealkylation sites (tertiary alicyclic amines) is 1. The number of aromatic nitrogens is 6. The summed E-state index contributed by atoms with van der Waals surface area (Å²) in [7, 11) is 0. The summed E-state index contributed by atoms with van der Waals surface area (Å²) in [5.74, 6) is 0.247. The topological polar surface area (TPSA) is 93.2 Å². The van der Waals surface area contributed by atoms with E-state index in [1.165, 1.54) is 5.56 Å². The van der Waals surface area contributed by atoms with Crippen molar-refractivity contribution in [1.82, 2.24) is 39.3 Å². The molecule has 4 aromatic heterocycles. The molecule has 1 saturated heterocycles. The van der Waals surface area contributed by atoms with Gasteiger partial charge in [-0.25, -0.2) is 15.0 Å². The molecule has 1 N–H and O–H groups in total. The number of nitrogens with one attached hydrogen (secondary N) is 1. The van der Waals surface area contributed by atoms with E-state index in [4.69, 9.17) is 4.98 Å². The number of amides is 1. The molecular formula is C34H34N8O. The third-order valence-electron chi connectivity index (χ3n) is 8.29. The quantitative estimate of drug-likeness (QED) is 0.272. The third-order valence-corrected chi connectivity index (χ3v) is 8.29. The average Bonchev–Trinajstić information content (AvgIpc) is 3.71. The Kier molecular flexibility index (Phi) is 7.39. The van der Waals surface area contributed by atoms with Gasteiger partial charge in [0.2, 0.25) is 5.91 Å². The third kappa shape index (κ3) is 5.76. The van der Waals surface area contributed by atoms with Crippen molar-refractivity contribution in [2.45, 2.75) is 32.9 Å². The monoisotopic (exact) mass is 570 g/mol. The van der Waals surface area contributed by atoms with E-state index in [9.17, 15) is 4.79 Å². The van der Waals surface area contributed by atoms with Gasteiger partial charge in [-0.2, -0.15) is 9.61 Å². The van der Waals surface area contributed by atoms with Crippen molar-refractivity contribution in [3.05, 3.63) is 103 Å². The standard InChI is InChI=1S/C34H34N8O/c1-24-19-31-37-21-29-20-30(26-5-3-2-4-6-26)32(38-33(29)42(31)39-24)27-9-7-25(8-10-27)22-40-15-11-28(12-16-40)34(43)36-14-18-41-17-13-35-23-41/h2-10,13,17,19-21,23,28H,11-12,14-16,18,22H2,1H3,(H,36,43). The Hall–Kier alpha value is -4.89. The number of benzene rings is 2. The Bertz CT molecular complexity index is 1850. The Morgan fingerprint density at radius 3 is 2.58 bits per heavy atom. The number of piperidine rings is 1. The van der Waals surface area contributed by atoms with Gasteiger partial charge in [0.15, 0.2) is 11.3 Å². The predicted octanol–water partition coefficient (Wildman–Crippen LogP) is 5.14. The lowest BCUT2D eigenvalue weighted by molar-refractivity contribution is -0.126. The van der Waals surface area contributed by atoms with Crippen molar-refractivity contribution in [2.24, 2.45) is 5.92 Å². The van der Waals surface area contributed by atoms with Crippen molar-refractivity contribution in [1.29, 1.82) is 0 Å². The number of imidazole rings is 1. The Balaban J connectivity index is 1.06. The summed E-state index contributed by atoms with van der Waals surface area (Å²) < 4.78 is 3.81. The molecule has 0 unspecified atom stereocenters. The average molecular weight is 571 g/mol. The molecule has 9 nitrogen and oxygen atoms in total. The van der Waals surface area contributed by atoms with Crippen LogP contribution in [0.25, 0.3) is 39.1 Å². The molecule has 43 heavy (non-hydrogen) atoms. The summed E-state index contributed by atoms with van der Waals surface area (Å²) in [5, 5.41) is 8.70. The summed E-state index contributed by atoms with van der Waals surface area (Å²) in [6.45, 7) is 6.04. The predicted molar refractivity (Wildman–Crippen MR) is 167 cm³/mol. The first kappa shape index (κ1) is 27.0. The van der Waals surface area contributed by atoms with Crippen LogP contribution in [0.15, 0.2) is 91.6 Å². The zero-order valence-corrected chi connectivity index (χ0v) is 24.2. The van der Waals surface area contributed by atoms with Crippen LogP contribution in [0, 0.1) is 12.8 Å². The van der Waals surface area contributed by atoms with Gasteiger partial charge in [0.25, 0.3) is 0 Å². The van der Waals surface area contributed by atoms with Crippen molar-refractivity contribution in [3.63, 3.8) is 0 Å². The fourth-order valence-corrected chi connectivity index (χ4v) is 5.96. The summed E-state index contributed by atoms with van der Waals surface area (Å²) in [6, 6.07) is 23.3. The van der Waals surface area contributed by atoms with Crippen LogP contribution in [0.1, 0.15) is 24.1 Å². The number of carbonyl (C=O) groups is 1. The highest BCUT2D eigenvalue weighted by molar-refractivity contribution is 5.90. The van der Waals surface area contributed by atoms with E-state index in [1.54, 1.807) is 12.5 Å². The number of nitrogens with zero attached hydrogens (tertiary/aromatic N) is 7. The van der Waals surface area contributed by atoms with Crippen LogP contribution >= 0.6 is 0 Å². The van der Waals surface area contributed by atoms with E-state index in [0.717, 1.165) is 83.8 Å². The van der Waals surface area contributed by atoms with E-state index >= 15 is 0 Å². The van der Waals surface area contributed by atoms with Gasteiger partial charge in [0.05, 0.1) is 17.7 Å². The molecule has 5 heterocycles. The molecule has 9 heteroatoms. The van der Waals surface area contributed by atoms with Gasteiger partial charge in [-0.3, -0.25) is 9.69 Å². The molecule has 6 aromatic rings. The molecule has 1 amide bonds. The second-order valence-electron chi connectivity index (χ2n) is 11.3. The molecule has 216 valence electrons. The van der Waals surface area contributed by atoms with Crippen LogP contribution in [0.3, 0.4) is 0 Å². The van der Waals surface area contributed by atoms with E-state index < -0.39 is 0 Å². The largest absolute Gasteiger partial charge is 0.354 e. The number of carbonyl (C=O) groups excluding carboxylic acids is 1. The summed E-state index contributed by atoms with van der Waals surface area (Å²) in [6.07, 6.45) is 9.08. The van der Waals surface area contributed by atoms with Gasteiger partial charge in [-0.15, -0.1) is 0 Å². The molecule has 0 spiro atoms. The minimum absolute atomic E-state index is 0.0806. The van der Waals surface area contributed by atoms with Crippen LogP contribution in [-0.4, -0.2) is 59.6 Å². The van der Waals surface area contributed by atoms with Crippen LogP contribution < -0.4 is 5.32 Å². The normalized spacial score (nSPS) is 14.4. The number of pyridine rings is 1. The zero-order valence-electron chi connectivity index (χ0n) is 24.2. The summed E-state index contributed by atoms with van der Waals surface area (Å²) in [4.78, 5) is 28.9. The second-order valence-corrected chi connectivity index (χ2v) is 11.3. The van der Waals surface area contributed by atoms with E-state index in [0.29, 0.717) is 6.54 Å². The Morgan fingerprint density at radius 1 is 1.00 bits per heavy atom. The highest BCUT2D eigenvalue weighted by Crippen LogP contribution is 2.34. The van der Waals surface area contributed by atoms with E-state index in [-0.39, 0.29) is 11.8 Å². The maximum Gasteiger partial charge on any atom is 0.223 e. The van der Waals surface area contributed by atoms with Crippen LogP contribution in [-0.2, 0) is 17.9 Å². The lowest BCUT2D eigenvalue weighted by Crippen LogP contribution is -2.40. The maximum atomic E-state index is 12.7. The first-order chi connectivity index (χ1) is 21.1. The zero-order chi connectivity index (χ0) is 29.2. The minimum Gasteiger partial charge on any atom is -0.354 e. The number of hydrogen-bond acceptors (Lipinski definition) is 6. The fourth-order valence-electron chi connectivity index (χ4n) is 5.96. The second kappa shape index (κ2) is 11.8. The lowest BCUT2D eigenvalue weighted by Gasteiger charge is -2.31. The Morgan fingerprint density at radius 2 is 1.81 bits per heavy atom. The molecule has 1 fully saturated rings. The molecule has 0 atom stereocenters. The van der Waals surface area contributed by atoms with E-state index in [2.05, 4.69) is 79.9 Å². The van der Waals surface area contributed by atoms with Crippen LogP contribution in [0.5, 0.6) is 0 Å². The van der Waals surface area contributed by atoms with E-state index in [1.807, 2.05) is 40.5 Å². The molecule has 0 saturated carbocycles. The van der Waals surface area contributed by atoms with Gasteiger partial charge in [-0.1, -0.05) is 54.6 Å². The maximum absolute atomic E-state index is 12.7.